The fourth-order valence-corrected chi connectivity index (χ4v) is 2.80. The Balaban J connectivity index is 1.43. The van der Waals surface area contributed by atoms with E-state index in [1.165, 1.54) is 0 Å². The summed E-state index contributed by atoms with van der Waals surface area (Å²) in [4.78, 5) is 12.2. The first kappa shape index (κ1) is 17.1. The van der Waals surface area contributed by atoms with E-state index in [1.807, 2.05) is 44.2 Å². The average molecular weight is 365 g/mol. The number of aromatic nitrogens is 1. The molecule has 2 aromatic carbocycles. The molecule has 3 aromatic rings. The van der Waals surface area contributed by atoms with Gasteiger partial charge in [0.25, 0.3) is 0 Å². The lowest BCUT2D eigenvalue weighted by atomic mass is 10.1. The molecule has 2 heterocycles. The Hall–Kier alpha value is -3.28. The Morgan fingerprint density at radius 2 is 1.81 bits per heavy atom. The van der Waals surface area contributed by atoms with Crippen molar-refractivity contribution >= 4 is 5.97 Å². The van der Waals surface area contributed by atoms with Gasteiger partial charge in [0.2, 0.25) is 0 Å². The van der Waals surface area contributed by atoms with Crippen LogP contribution in [0.4, 0.5) is 0 Å². The first-order valence-corrected chi connectivity index (χ1v) is 8.70. The molecule has 0 saturated carbocycles. The topological polar surface area (TPSA) is 70.8 Å². The lowest BCUT2D eigenvalue weighted by Gasteiger charge is -2.18. The number of aryl methyl sites for hydroxylation is 2. The molecule has 4 rings (SSSR count). The van der Waals surface area contributed by atoms with E-state index in [2.05, 4.69) is 5.16 Å². The van der Waals surface area contributed by atoms with Crippen molar-refractivity contribution in [1.82, 2.24) is 5.16 Å². The summed E-state index contributed by atoms with van der Waals surface area (Å²) < 4.78 is 21.8. The van der Waals surface area contributed by atoms with E-state index in [4.69, 9.17) is 18.7 Å². The van der Waals surface area contributed by atoms with E-state index in [0.29, 0.717) is 41.7 Å². The highest BCUT2D eigenvalue weighted by Gasteiger charge is 2.16. The van der Waals surface area contributed by atoms with Gasteiger partial charge in [-0.25, -0.2) is 4.79 Å². The number of carbonyl (C=O) groups excluding carboxylic acids is 1. The number of carbonyl (C=O) groups is 1. The minimum Gasteiger partial charge on any atom is -0.486 e. The Labute approximate surface area is 156 Å². The summed E-state index contributed by atoms with van der Waals surface area (Å²) in [6.45, 7) is 5.07. The number of rotatable bonds is 4. The van der Waals surface area contributed by atoms with Crippen molar-refractivity contribution in [2.45, 2.75) is 20.5 Å². The van der Waals surface area contributed by atoms with Gasteiger partial charge in [0.15, 0.2) is 17.3 Å². The van der Waals surface area contributed by atoms with Crippen LogP contribution in [0.3, 0.4) is 0 Å². The summed E-state index contributed by atoms with van der Waals surface area (Å²) in [5, 5.41) is 3.98. The molecule has 0 fully saturated rings. The SMILES string of the molecule is Cc1ccc(C(=O)OCc2cc(-c3ccc4c(c3)OCCO4)on2)cc1C. The van der Waals surface area contributed by atoms with E-state index >= 15 is 0 Å². The fourth-order valence-electron chi connectivity index (χ4n) is 2.80. The average Bonchev–Trinajstić information content (AvgIpc) is 3.17. The molecule has 0 amide bonds. The van der Waals surface area contributed by atoms with Gasteiger partial charge >= 0.3 is 5.97 Å². The minimum absolute atomic E-state index is 0.0415. The molecule has 0 aliphatic carbocycles. The largest absolute Gasteiger partial charge is 0.486 e. The van der Waals surface area contributed by atoms with Crippen molar-refractivity contribution in [2.75, 3.05) is 13.2 Å². The van der Waals surface area contributed by atoms with Crippen molar-refractivity contribution < 1.29 is 23.5 Å². The van der Waals surface area contributed by atoms with Gasteiger partial charge in [-0.15, -0.1) is 0 Å². The van der Waals surface area contributed by atoms with Crippen molar-refractivity contribution in [3.05, 3.63) is 64.8 Å². The summed E-state index contributed by atoms with van der Waals surface area (Å²) in [6.07, 6.45) is 0. The van der Waals surface area contributed by atoms with Gasteiger partial charge in [-0.1, -0.05) is 11.2 Å². The molecule has 0 atom stereocenters. The van der Waals surface area contributed by atoms with Crippen molar-refractivity contribution in [2.24, 2.45) is 0 Å². The normalized spacial score (nSPS) is 12.7. The summed E-state index contributed by atoms with van der Waals surface area (Å²) >= 11 is 0. The molecular weight excluding hydrogens is 346 g/mol. The Kier molecular flexibility index (Phi) is 4.54. The molecular formula is C21H19NO5. The Morgan fingerprint density at radius 3 is 2.63 bits per heavy atom. The second-order valence-corrected chi connectivity index (χ2v) is 6.42. The highest BCUT2D eigenvalue weighted by atomic mass is 16.6. The summed E-state index contributed by atoms with van der Waals surface area (Å²) in [6, 6.07) is 12.8. The van der Waals surface area contributed by atoms with Crippen LogP contribution in [0, 0.1) is 13.8 Å². The molecule has 6 nitrogen and oxygen atoms in total. The van der Waals surface area contributed by atoms with Crippen LogP contribution in [0.1, 0.15) is 27.2 Å². The first-order chi connectivity index (χ1) is 13.1. The second-order valence-electron chi connectivity index (χ2n) is 6.42. The number of hydrogen-bond donors (Lipinski definition) is 0. The molecule has 138 valence electrons. The number of hydrogen-bond acceptors (Lipinski definition) is 6. The minimum atomic E-state index is -0.387. The van der Waals surface area contributed by atoms with Gasteiger partial charge in [-0.3, -0.25) is 0 Å². The maximum Gasteiger partial charge on any atom is 0.338 e. The number of benzene rings is 2. The van der Waals surface area contributed by atoms with Crippen LogP contribution in [0.25, 0.3) is 11.3 Å². The first-order valence-electron chi connectivity index (χ1n) is 8.70. The second kappa shape index (κ2) is 7.15. The van der Waals surface area contributed by atoms with E-state index in [9.17, 15) is 4.79 Å². The highest BCUT2D eigenvalue weighted by molar-refractivity contribution is 5.89. The van der Waals surface area contributed by atoms with Crippen LogP contribution in [0.15, 0.2) is 47.0 Å². The third-order valence-electron chi connectivity index (χ3n) is 4.48. The lowest BCUT2D eigenvalue weighted by Crippen LogP contribution is -2.15. The van der Waals surface area contributed by atoms with E-state index < -0.39 is 0 Å². The van der Waals surface area contributed by atoms with Gasteiger partial charge in [-0.2, -0.15) is 0 Å². The molecule has 0 unspecified atom stereocenters. The Bertz CT molecular complexity index is 992. The molecule has 0 radical (unpaired) electrons. The number of ether oxygens (including phenoxy) is 3. The van der Waals surface area contributed by atoms with Gasteiger partial charge in [0.05, 0.1) is 5.56 Å². The van der Waals surface area contributed by atoms with E-state index in [0.717, 1.165) is 16.7 Å². The van der Waals surface area contributed by atoms with Gasteiger partial charge in [0, 0.05) is 11.6 Å². The maximum atomic E-state index is 12.2. The monoisotopic (exact) mass is 365 g/mol. The molecule has 1 aromatic heterocycles. The summed E-state index contributed by atoms with van der Waals surface area (Å²) in [5.41, 5.74) is 4.06. The molecule has 0 spiro atoms. The van der Waals surface area contributed by atoms with Gasteiger partial charge < -0.3 is 18.7 Å². The number of fused-ring (bicyclic) bond motifs is 1. The number of esters is 1. The highest BCUT2D eigenvalue weighted by Crippen LogP contribution is 2.34. The molecule has 0 saturated heterocycles. The van der Waals surface area contributed by atoms with Crippen LogP contribution < -0.4 is 9.47 Å². The molecule has 0 bridgehead atoms. The Morgan fingerprint density at radius 1 is 1.00 bits per heavy atom. The van der Waals surface area contributed by atoms with Crippen LogP contribution in [0.2, 0.25) is 0 Å². The standard InChI is InChI=1S/C21H19NO5/c1-13-3-4-16(9-14(13)2)21(23)26-12-17-11-19(27-22-17)15-5-6-18-20(10-15)25-8-7-24-18/h3-6,9-11H,7-8,12H2,1-2H3. The van der Waals surface area contributed by atoms with Crippen LogP contribution in [0.5, 0.6) is 11.5 Å². The van der Waals surface area contributed by atoms with Crippen LogP contribution in [-0.4, -0.2) is 24.3 Å². The molecule has 1 aliphatic rings. The van der Waals surface area contributed by atoms with Crippen molar-refractivity contribution in [1.29, 1.82) is 0 Å². The molecule has 6 heteroatoms. The smallest absolute Gasteiger partial charge is 0.338 e. The number of nitrogens with zero attached hydrogens (tertiary/aromatic N) is 1. The predicted octanol–water partition coefficient (Wildman–Crippen LogP) is 4.09. The third-order valence-corrected chi connectivity index (χ3v) is 4.48. The zero-order valence-electron chi connectivity index (χ0n) is 15.2. The van der Waals surface area contributed by atoms with Gasteiger partial charge in [-0.05, 0) is 55.3 Å². The molecule has 1 aliphatic heterocycles. The van der Waals surface area contributed by atoms with Crippen LogP contribution >= 0.6 is 0 Å². The quantitative estimate of drug-likeness (QED) is 0.649. The zero-order valence-corrected chi connectivity index (χ0v) is 15.2. The third kappa shape index (κ3) is 3.65. The van der Waals surface area contributed by atoms with Crippen LogP contribution in [-0.2, 0) is 11.3 Å². The predicted molar refractivity (Wildman–Crippen MR) is 98.0 cm³/mol. The fraction of sp³-hybridized carbons (Fsp3) is 0.238. The zero-order chi connectivity index (χ0) is 18.8. The van der Waals surface area contributed by atoms with E-state index in [1.54, 1.807) is 12.1 Å². The molecule has 0 N–H and O–H groups in total. The lowest BCUT2D eigenvalue weighted by molar-refractivity contribution is 0.0464. The molecule has 27 heavy (non-hydrogen) atoms. The summed E-state index contributed by atoms with van der Waals surface area (Å²) in [7, 11) is 0. The maximum absolute atomic E-state index is 12.2. The van der Waals surface area contributed by atoms with Crippen molar-refractivity contribution in [3.63, 3.8) is 0 Å². The summed E-state index contributed by atoms with van der Waals surface area (Å²) in [5.74, 6) is 1.58. The van der Waals surface area contributed by atoms with Gasteiger partial charge in [0.1, 0.15) is 25.5 Å². The van der Waals surface area contributed by atoms with E-state index in [-0.39, 0.29) is 12.6 Å². The van der Waals surface area contributed by atoms with Crippen molar-refractivity contribution in [3.8, 4) is 22.8 Å².